The number of carbonyl (C=O) groups is 3. The first-order valence-electron chi connectivity index (χ1n) is 7.62. The van der Waals surface area contributed by atoms with Crippen molar-refractivity contribution in [2.75, 3.05) is 17.7 Å². The molecule has 0 fully saturated rings. The largest absolute Gasteiger partial charge is 0.457 e. The first-order chi connectivity index (χ1) is 12.4. The second kappa shape index (κ2) is 7.65. The lowest BCUT2D eigenvalue weighted by Gasteiger charge is -2.06. The zero-order valence-electron chi connectivity index (χ0n) is 13.4. The van der Waals surface area contributed by atoms with E-state index in [-0.39, 0.29) is 23.0 Å². The SMILES string of the molecule is O=C1Cc2cc(C(=O)COC(=O)CSc3cc(F)ccc3F)ccc2N1. The number of ether oxygens (including phenoxy) is 1. The van der Waals surface area contributed by atoms with Gasteiger partial charge in [-0.05, 0) is 42.0 Å². The Hall–Kier alpha value is -2.74. The highest BCUT2D eigenvalue weighted by molar-refractivity contribution is 8.00. The van der Waals surface area contributed by atoms with Gasteiger partial charge in [-0.2, -0.15) is 0 Å². The number of nitrogens with one attached hydrogen (secondary N) is 1. The van der Waals surface area contributed by atoms with Gasteiger partial charge in [-0.1, -0.05) is 0 Å². The van der Waals surface area contributed by atoms with Crippen LogP contribution in [0, 0.1) is 11.6 Å². The number of Topliss-reactive ketones (excluding diaryl/α,β-unsaturated/α-hetero) is 1. The molecule has 2 aromatic rings. The first-order valence-corrected chi connectivity index (χ1v) is 8.60. The molecule has 0 bridgehead atoms. The average Bonchev–Trinajstić information content (AvgIpc) is 2.99. The molecule has 26 heavy (non-hydrogen) atoms. The summed E-state index contributed by atoms with van der Waals surface area (Å²) in [4.78, 5) is 35.1. The van der Waals surface area contributed by atoms with Crippen LogP contribution in [0.3, 0.4) is 0 Å². The number of rotatable bonds is 6. The molecule has 0 aliphatic carbocycles. The Labute approximate surface area is 151 Å². The molecule has 134 valence electrons. The average molecular weight is 377 g/mol. The lowest BCUT2D eigenvalue weighted by atomic mass is 10.1. The molecule has 0 saturated carbocycles. The summed E-state index contributed by atoms with van der Waals surface area (Å²) in [5.74, 6) is -2.77. The van der Waals surface area contributed by atoms with Crippen LogP contribution >= 0.6 is 11.8 Å². The fourth-order valence-corrected chi connectivity index (χ4v) is 3.16. The monoisotopic (exact) mass is 377 g/mol. The van der Waals surface area contributed by atoms with Crippen LogP contribution in [-0.4, -0.2) is 30.0 Å². The van der Waals surface area contributed by atoms with Crippen molar-refractivity contribution in [1.82, 2.24) is 0 Å². The number of carbonyl (C=O) groups excluding carboxylic acids is 3. The number of anilines is 1. The Morgan fingerprint density at radius 1 is 1.15 bits per heavy atom. The van der Waals surface area contributed by atoms with Gasteiger partial charge in [-0.15, -0.1) is 11.8 Å². The minimum absolute atomic E-state index is 0.0101. The van der Waals surface area contributed by atoms with E-state index in [0.717, 1.165) is 30.0 Å². The maximum atomic E-state index is 13.5. The van der Waals surface area contributed by atoms with Gasteiger partial charge in [0.1, 0.15) is 11.6 Å². The number of benzene rings is 2. The van der Waals surface area contributed by atoms with Gasteiger partial charge in [0.25, 0.3) is 0 Å². The molecule has 0 saturated heterocycles. The standard InChI is InChI=1S/C18H13F2NO4S/c19-12-2-3-13(20)16(7-12)26-9-18(24)25-8-15(22)10-1-4-14-11(5-10)6-17(23)21-14/h1-5,7H,6,8-9H2,(H,21,23). The predicted octanol–water partition coefficient (Wildman–Crippen LogP) is 2.98. The minimum atomic E-state index is -0.718. The highest BCUT2D eigenvalue weighted by Crippen LogP contribution is 2.24. The summed E-state index contributed by atoms with van der Waals surface area (Å²) in [5, 5.41) is 2.66. The molecule has 1 heterocycles. The van der Waals surface area contributed by atoms with Crippen molar-refractivity contribution in [2.24, 2.45) is 0 Å². The lowest BCUT2D eigenvalue weighted by molar-refractivity contribution is -0.139. The summed E-state index contributed by atoms with van der Waals surface area (Å²) >= 11 is 0.787. The Kier molecular flexibility index (Phi) is 5.32. The van der Waals surface area contributed by atoms with Crippen LogP contribution in [0.1, 0.15) is 15.9 Å². The summed E-state index contributed by atoms with van der Waals surface area (Å²) in [6.45, 7) is -0.467. The van der Waals surface area contributed by atoms with Crippen LogP contribution in [-0.2, 0) is 20.7 Å². The van der Waals surface area contributed by atoms with E-state index in [1.165, 1.54) is 6.07 Å². The molecule has 0 atom stereocenters. The molecule has 1 aliphatic rings. The Balaban J connectivity index is 1.51. The maximum absolute atomic E-state index is 13.5. The van der Waals surface area contributed by atoms with E-state index >= 15 is 0 Å². The van der Waals surface area contributed by atoms with Crippen LogP contribution in [0.25, 0.3) is 0 Å². The van der Waals surface area contributed by atoms with E-state index in [4.69, 9.17) is 4.74 Å². The fourth-order valence-electron chi connectivity index (χ4n) is 2.40. The normalized spacial score (nSPS) is 12.5. The maximum Gasteiger partial charge on any atom is 0.316 e. The molecule has 8 heteroatoms. The number of fused-ring (bicyclic) bond motifs is 1. The lowest BCUT2D eigenvalue weighted by Crippen LogP contribution is -2.15. The van der Waals surface area contributed by atoms with Crippen molar-refractivity contribution in [1.29, 1.82) is 0 Å². The van der Waals surface area contributed by atoms with Gasteiger partial charge in [-0.3, -0.25) is 14.4 Å². The molecule has 5 nitrogen and oxygen atoms in total. The van der Waals surface area contributed by atoms with Gasteiger partial charge >= 0.3 is 5.97 Å². The van der Waals surface area contributed by atoms with Crippen molar-refractivity contribution in [3.05, 3.63) is 59.2 Å². The van der Waals surface area contributed by atoms with Crippen molar-refractivity contribution in [2.45, 2.75) is 11.3 Å². The molecule has 1 amide bonds. The zero-order valence-corrected chi connectivity index (χ0v) is 14.2. The van der Waals surface area contributed by atoms with Crippen molar-refractivity contribution in [3.63, 3.8) is 0 Å². The molecule has 2 aromatic carbocycles. The van der Waals surface area contributed by atoms with E-state index < -0.39 is 30.0 Å². The van der Waals surface area contributed by atoms with Crippen LogP contribution in [0.5, 0.6) is 0 Å². The molecule has 3 rings (SSSR count). The highest BCUT2D eigenvalue weighted by Gasteiger charge is 2.19. The van der Waals surface area contributed by atoms with Crippen LogP contribution in [0.2, 0.25) is 0 Å². The van der Waals surface area contributed by atoms with Crippen molar-refractivity contribution in [3.8, 4) is 0 Å². The fraction of sp³-hybridized carbons (Fsp3) is 0.167. The van der Waals surface area contributed by atoms with Crippen molar-refractivity contribution < 1.29 is 27.9 Å². The second-order valence-corrected chi connectivity index (χ2v) is 6.56. The molecule has 0 aromatic heterocycles. The van der Waals surface area contributed by atoms with E-state index in [1.807, 2.05) is 0 Å². The number of halogens is 2. The van der Waals surface area contributed by atoms with Crippen molar-refractivity contribution >= 4 is 35.1 Å². The number of thioether (sulfide) groups is 1. The summed E-state index contributed by atoms with van der Waals surface area (Å²) in [6, 6.07) is 7.68. The summed E-state index contributed by atoms with van der Waals surface area (Å²) < 4.78 is 31.4. The topological polar surface area (TPSA) is 72.5 Å². The molecular weight excluding hydrogens is 364 g/mol. The molecule has 0 unspecified atom stereocenters. The molecule has 0 spiro atoms. The number of esters is 1. The Morgan fingerprint density at radius 2 is 1.96 bits per heavy atom. The second-order valence-electron chi connectivity index (χ2n) is 5.54. The van der Waals surface area contributed by atoms with E-state index in [0.29, 0.717) is 16.8 Å². The highest BCUT2D eigenvalue weighted by atomic mass is 32.2. The number of ketones is 1. The van der Waals surface area contributed by atoms with E-state index in [1.54, 1.807) is 12.1 Å². The predicted molar refractivity (Wildman–Crippen MR) is 91.1 cm³/mol. The van der Waals surface area contributed by atoms with Gasteiger partial charge in [0.15, 0.2) is 12.4 Å². The minimum Gasteiger partial charge on any atom is -0.457 e. The van der Waals surface area contributed by atoms with E-state index in [9.17, 15) is 23.2 Å². The molecule has 1 N–H and O–H groups in total. The third kappa shape index (κ3) is 4.26. The van der Waals surface area contributed by atoms with Gasteiger partial charge in [0.2, 0.25) is 5.91 Å². The zero-order chi connectivity index (χ0) is 18.7. The van der Waals surface area contributed by atoms with Crippen LogP contribution < -0.4 is 5.32 Å². The summed E-state index contributed by atoms with van der Waals surface area (Å²) in [7, 11) is 0. The third-order valence-corrected chi connectivity index (χ3v) is 4.66. The van der Waals surface area contributed by atoms with E-state index in [2.05, 4.69) is 5.32 Å². The Morgan fingerprint density at radius 3 is 2.77 bits per heavy atom. The van der Waals surface area contributed by atoms with Gasteiger partial charge in [-0.25, -0.2) is 8.78 Å². The molecular formula is C18H13F2NO4S. The van der Waals surface area contributed by atoms with Gasteiger partial charge in [0, 0.05) is 16.1 Å². The molecule has 1 aliphatic heterocycles. The first kappa shape index (κ1) is 18.1. The van der Waals surface area contributed by atoms with Gasteiger partial charge in [0.05, 0.1) is 12.2 Å². The third-order valence-electron chi connectivity index (χ3n) is 3.66. The smallest absolute Gasteiger partial charge is 0.316 e. The number of amides is 1. The van der Waals surface area contributed by atoms with Gasteiger partial charge < -0.3 is 10.1 Å². The summed E-state index contributed by atoms with van der Waals surface area (Å²) in [5.41, 5.74) is 1.71. The number of hydrogen-bond acceptors (Lipinski definition) is 5. The van der Waals surface area contributed by atoms with Crippen LogP contribution in [0.4, 0.5) is 14.5 Å². The quantitative estimate of drug-likeness (QED) is 0.476. The molecule has 0 radical (unpaired) electrons. The Bertz CT molecular complexity index is 901. The van der Waals surface area contributed by atoms with Crippen LogP contribution in [0.15, 0.2) is 41.3 Å². The summed E-state index contributed by atoms with van der Waals surface area (Å²) in [6.07, 6.45) is 0.200. The number of hydrogen-bond donors (Lipinski definition) is 1.